The van der Waals surface area contributed by atoms with Crippen molar-refractivity contribution in [2.24, 2.45) is 0 Å². The first-order valence-corrected chi connectivity index (χ1v) is 25.1. The highest BCUT2D eigenvalue weighted by Gasteiger charge is 2.46. The lowest BCUT2D eigenvalue weighted by Gasteiger charge is -2.34. The molecule has 0 fully saturated rings. The van der Waals surface area contributed by atoms with Crippen LogP contribution in [0.5, 0.6) is 0 Å². The predicted molar refractivity (Wildman–Crippen MR) is 305 cm³/mol. The molecule has 0 radical (unpaired) electrons. The summed E-state index contributed by atoms with van der Waals surface area (Å²) in [5.41, 5.74) is 21.6. The van der Waals surface area contributed by atoms with Crippen molar-refractivity contribution >= 4 is 49.8 Å². The lowest BCUT2D eigenvalue weighted by molar-refractivity contribution is 0.669. The summed E-state index contributed by atoms with van der Waals surface area (Å²) in [6.45, 7) is 0. The molecule has 2 nitrogen and oxygen atoms in total. The normalized spacial score (nSPS) is 12.5. The third kappa shape index (κ3) is 7.10. The first-order chi connectivity index (χ1) is 36.2. The van der Waals surface area contributed by atoms with Crippen molar-refractivity contribution < 1.29 is 4.42 Å². The quantitative estimate of drug-likeness (QED) is 0.143. The molecule has 14 rings (SSSR count). The van der Waals surface area contributed by atoms with E-state index in [1.54, 1.807) is 0 Å². The monoisotopic (exact) mass is 929 g/mol. The van der Waals surface area contributed by atoms with E-state index in [-0.39, 0.29) is 0 Å². The van der Waals surface area contributed by atoms with Gasteiger partial charge in [0.15, 0.2) is 0 Å². The zero-order valence-electron chi connectivity index (χ0n) is 40.0. The second kappa shape index (κ2) is 17.4. The van der Waals surface area contributed by atoms with Gasteiger partial charge in [0.1, 0.15) is 11.2 Å². The molecule has 2 heteroatoms. The van der Waals surface area contributed by atoms with E-state index >= 15 is 0 Å². The van der Waals surface area contributed by atoms with E-state index in [0.717, 1.165) is 61.3 Å². The van der Waals surface area contributed by atoms with E-state index < -0.39 is 5.41 Å². The summed E-state index contributed by atoms with van der Waals surface area (Å²) in [7, 11) is 0. The van der Waals surface area contributed by atoms with E-state index in [2.05, 4.69) is 278 Å². The Morgan fingerprint density at radius 2 is 0.767 bits per heavy atom. The summed E-state index contributed by atoms with van der Waals surface area (Å²) in [4.78, 5) is 2.38. The van der Waals surface area contributed by atoms with E-state index in [0.29, 0.717) is 0 Å². The number of anilines is 3. The number of benzene rings is 12. The van der Waals surface area contributed by atoms with Gasteiger partial charge in [-0.25, -0.2) is 0 Å². The largest absolute Gasteiger partial charge is 0.456 e. The number of para-hydroxylation sites is 1. The van der Waals surface area contributed by atoms with Crippen molar-refractivity contribution in [3.8, 4) is 55.6 Å². The minimum atomic E-state index is -0.468. The molecular formula is C71H47NO. The molecule has 0 amide bonds. The van der Waals surface area contributed by atoms with Gasteiger partial charge < -0.3 is 9.32 Å². The van der Waals surface area contributed by atoms with E-state index in [9.17, 15) is 0 Å². The molecule has 1 heterocycles. The molecule has 12 aromatic carbocycles. The molecule has 0 saturated heterocycles. The summed E-state index contributed by atoms with van der Waals surface area (Å²) in [6, 6.07) is 104. The number of hydrogen-bond donors (Lipinski definition) is 0. The molecule has 13 aromatic rings. The predicted octanol–water partition coefficient (Wildman–Crippen LogP) is 19.2. The van der Waals surface area contributed by atoms with Crippen LogP contribution in [0.3, 0.4) is 0 Å². The molecule has 0 aliphatic heterocycles. The summed E-state index contributed by atoms with van der Waals surface area (Å²) < 4.78 is 6.31. The van der Waals surface area contributed by atoms with Crippen molar-refractivity contribution in [2.45, 2.75) is 5.41 Å². The fraction of sp³-hybridized carbons (Fsp3) is 0.0141. The Morgan fingerprint density at radius 1 is 0.260 bits per heavy atom. The van der Waals surface area contributed by atoms with Crippen molar-refractivity contribution in [2.75, 3.05) is 4.90 Å². The molecule has 1 aliphatic carbocycles. The zero-order chi connectivity index (χ0) is 48.3. The summed E-state index contributed by atoms with van der Waals surface area (Å²) in [5.74, 6) is 0. The maximum Gasteiger partial charge on any atom is 0.136 e. The molecule has 342 valence electrons. The minimum Gasteiger partial charge on any atom is -0.456 e. The second-order valence-corrected chi connectivity index (χ2v) is 19.2. The van der Waals surface area contributed by atoms with Crippen molar-refractivity contribution in [3.63, 3.8) is 0 Å². The lowest BCUT2D eigenvalue weighted by atomic mass is 9.67. The van der Waals surface area contributed by atoms with Gasteiger partial charge in [0.25, 0.3) is 0 Å². The topological polar surface area (TPSA) is 16.4 Å². The number of rotatable bonds is 9. The fourth-order valence-corrected chi connectivity index (χ4v) is 11.8. The average molecular weight is 930 g/mol. The average Bonchev–Trinajstić information content (AvgIpc) is 4.00. The molecule has 73 heavy (non-hydrogen) atoms. The number of nitrogens with zero attached hydrogens (tertiary/aromatic N) is 1. The molecule has 1 aliphatic rings. The van der Waals surface area contributed by atoms with Gasteiger partial charge in [0, 0.05) is 27.8 Å². The second-order valence-electron chi connectivity index (χ2n) is 19.2. The molecule has 0 spiro atoms. The van der Waals surface area contributed by atoms with Crippen LogP contribution >= 0.6 is 0 Å². The molecular weight excluding hydrogens is 883 g/mol. The summed E-state index contributed by atoms with van der Waals surface area (Å²) in [5, 5.41) is 4.76. The smallest absolute Gasteiger partial charge is 0.136 e. The Balaban J connectivity index is 0.868. The first-order valence-electron chi connectivity index (χ1n) is 25.1. The van der Waals surface area contributed by atoms with Gasteiger partial charge in [-0.2, -0.15) is 0 Å². The third-order valence-electron chi connectivity index (χ3n) is 15.2. The van der Waals surface area contributed by atoms with Crippen molar-refractivity contribution in [1.82, 2.24) is 0 Å². The van der Waals surface area contributed by atoms with Crippen LogP contribution in [-0.2, 0) is 5.41 Å². The van der Waals surface area contributed by atoms with Crippen molar-refractivity contribution in [3.05, 3.63) is 307 Å². The Hall–Kier alpha value is -9.50. The minimum absolute atomic E-state index is 0.468. The SMILES string of the molecule is c1ccc(C2(c3ccccc3)c3ccccc3-c3ccc(-c4ccc(N(c5ccc(-c6ccc7c(c6)oc6ccccc67)cc5)c5cccc(-c6cccc(-c7cccc8ccccc78)c6)c5)cc4)cc32)cc1. The summed E-state index contributed by atoms with van der Waals surface area (Å²) in [6.07, 6.45) is 0. The van der Waals surface area contributed by atoms with Gasteiger partial charge in [0.05, 0.1) is 5.41 Å². The van der Waals surface area contributed by atoms with Gasteiger partial charge >= 0.3 is 0 Å². The van der Waals surface area contributed by atoms with Crippen LogP contribution in [0.4, 0.5) is 17.1 Å². The van der Waals surface area contributed by atoms with Crippen LogP contribution in [0.2, 0.25) is 0 Å². The molecule has 0 bridgehead atoms. The molecule has 0 N–H and O–H groups in total. The van der Waals surface area contributed by atoms with Gasteiger partial charge in [-0.3, -0.25) is 0 Å². The number of hydrogen-bond acceptors (Lipinski definition) is 2. The first kappa shape index (κ1) is 42.4. The van der Waals surface area contributed by atoms with Gasteiger partial charge in [-0.1, -0.05) is 218 Å². The Kier molecular flexibility index (Phi) is 10.1. The third-order valence-corrected chi connectivity index (χ3v) is 15.2. The van der Waals surface area contributed by atoms with Crippen LogP contribution in [0.25, 0.3) is 88.3 Å². The standard InChI is InChI=1S/C71H47NO/c1-3-21-56(22-4-1)71(57-23-5-2-6-24-57)67-30-11-9-27-63(67)64-42-36-53(46-68(64)71)48-32-38-58(39-33-48)72(59-40-34-49(35-41-59)54-37-43-66-65-28-10-12-31-69(65)73-70(66)47-54)60-25-14-19-52(45-60)51-18-13-20-55(44-51)62-29-15-17-50-16-7-8-26-61(50)62/h1-47H. The highest BCUT2D eigenvalue weighted by atomic mass is 16.3. The van der Waals surface area contributed by atoms with Crippen LogP contribution in [0.1, 0.15) is 22.3 Å². The van der Waals surface area contributed by atoms with Crippen LogP contribution in [0, 0.1) is 0 Å². The number of furan rings is 1. The Bertz CT molecular complexity index is 4140. The maximum absolute atomic E-state index is 6.31. The van der Waals surface area contributed by atoms with Gasteiger partial charge in [-0.05, 0) is 155 Å². The molecule has 1 aromatic heterocycles. The van der Waals surface area contributed by atoms with Gasteiger partial charge in [0.2, 0.25) is 0 Å². The highest BCUT2D eigenvalue weighted by molar-refractivity contribution is 6.06. The van der Waals surface area contributed by atoms with E-state index in [4.69, 9.17) is 4.42 Å². The van der Waals surface area contributed by atoms with E-state index in [1.807, 2.05) is 12.1 Å². The number of fused-ring (bicyclic) bond motifs is 7. The van der Waals surface area contributed by atoms with Gasteiger partial charge in [-0.15, -0.1) is 0 Å². The van der Waals surface area contributed by atoms with Crippen molar-refractivity contribution in [1.29, 1.82) is 0 Å². The molecule has 0 atom stereocenters. The maximum atomic E-state index is 6.31. The fourth-order valence-electron chi connectivity index (χ4n) is 11.8. The van der Waals surface area contributed by atoms with Crippen LogP contribution in [0.15, 0.2) is 290 Å². The lowest BCUT2D eigenvalue weighted by Crippen LogP contribution is -2.28. The van der Waals surface area contributed by atoms with Crippen LogP contribution < -0.4 is 4.90 Å². The van der Waals surface area contributed by atoms with E-state index in [1.165, 1.54) is 66.4 Å². The van der Waals surface area contributed by atoms with Crippen LogP contribution in [-0.4, -0.2) is 0 Å². The highest BCUT2D eigenvalue weighted by Crippen LogP contribution is 2.57. The Morgan fingerprint density at radius 3 is 1.52 bits per heavy atom. The summed E-state index contributed by atoms with van der Waals surface area (Å²) >= 11 is 0. The molecule has 0 unspecified atom stereocenters. The Labute approximate surface area is 425 Å². The zero-order valence-corrected chi connectivity index (χ0v) is 40.0. The molecule has 0 saturated carbocycles.